The number of hydrogen-bond donors (Lipinski definition) is 3. The second-order valence-electron chi connectivity index (χ2n) is 4.10. The summed E-state index contributed by atoms with van der Waals surface area (Å²) in [5.74, 6) is -0.822. The van der Waals surface area contributed by atoms with E-state index in [-0.39, 0.29) is 18.1 Å². The van der Waals surface area contributed by atoms with Crippen LogP contribution in [0.5, 0.6) is 5.75 Å². The Morgan fingerprint density at radius 3 is 2.50 bits per heavy atom. The number of nitrogens with two attached hydrogens (primary N) is 2. The number of nitrogens with zero attached hydrogens (tertiary/aromatic N) is 2. The predicted molar refractivity (Wildman–Crippen MR) is 75.9 cm³/mol. The number of ether oxygens (including phenoxy) is 1. The minimum Gasteiger partial charge on any atom is -0.484 e. The van der Waals surface area contributed by atoms with E-state index in [4.69, 9.17) is 16.2 Å². The fourth-order valence-corrected chi connectivity index (χ4v) is 1.44. The Balaban J connectivity index is 1.96. The molecule has 0 aliphatic rings. The lowest BCUT2D eigenvalue weighted by Crippen LogP contribution is -2.20. The predicted octanol–water partition coefficient (Wildman–Crippen LogP) is -0.249. The number of rotatable bonds is 6. The van der Waals surface area contributed by atoms with Crippen molar-refractivity contribution in [3.05, 3.63) is 47.8 Å². The highest BCUT2D eigenvalue weighted by atomic mass is 16.7. The zero-order valence-corrected chi connectivity index (χ0v) is 11.4. The van der Waals surface area contributed by atoms with Crippen molar-refractivity contribution in [3.63, 3.8) is 0 Å². The summed E-state index contributed by atoms with van der Waals surface area (Å²) in [7, 11) is 0. The number of hydrogen-bond acceptors (Lipinski definition) is 6. The van der Waals surface area contributed by atoms with Crippen LogP contribution in [0.15, 0.2) is 41.7 Å². The first-order valence-corrected chi connectivity index (χ1v) is 6.12. The van der Waals surface area contributed by atoms with E-state index in [2.05, 4.69) is 20.2 Å². The minimum absolute atomic E-state index is 0.00863. The number of amides is 1. The SMILES string of the molecule is NC(=O)COc1ccc(/C(N)=N/OC(=O)c2ccn[nH]2)cc1. The molecule has 0 saturated heterocycles. The summed E-state index contributed by atoms with van der Waals surface area (Å²) >= 11 is 0. The van der Waals surface area contributed by atoms with Crippen LogP contribution >= 0.6 is 0 Å². The summed E-state index contributed by atoms with van der Waals surface area (Å²) < 4.78 is 5.10. The Bertz CT molecular complexity index is 679. The quantitative estimate of drug-likeness (QED) is 0.290. The second kappa shape index (κ2) is 6.88. The molecule has 9 heteroatoms. The summed E-state index contributed by atoms with van der Waals surface area (Å²) in [6, 6.07) is 7.80. The molecule has 0 aliphatic carbocycles. The van der Waals surface area contributed by atoms with Crippen LogP contribution in [0.1, 0.15) is 16.1 Å². The van der Waals surface area contributed by atoms with Gasteiger partial charge in [-0.25, -0.2) is 4.79 Å². The maximum atomic E-state index is 11.5. The van der Waals surface area contributed by atoms with Gasteiger partial charge in [-0.2, -0.15) is 5.10 Å². The molecule has 114 valence electrons. The van der Waals surface area contributed by atoms with Gasteiger partial charge in [0.2, 0.25) is 0 Å². The molecule has 1 aromatic carbocycles. The van der Waals surface area contributed by atoms with E-state index in [9.17, 15) is 9.59 Å². The molecule has 0 aliphatic heterocycles. The van der Waals surface area contributed by atoms with E-state index in [0.717, 1.165) is 0 Å². The van der Waals surface area contributed by atoms with Crippen molar-refractivity contribution in [1.82, 2.24) is 10.2 Å². The lowest BCUT2D eigenvalue weighted by molar-refractivity contribution is -0.119. The normalized spacial score (nSPS) is 11.0. The fraction of sp³-hybridized carbons (Fsp3) is 0.0769. The van der Waals surface area contributed by atoms with Crippen molar-refractivity contribution in [2.24, 2.45) is 16.6 Å². The summed E-state index contributed by atoms with van der Waals surface area (Å²) in [5, 5.41) is 9.59. The van der Waals surface area contributed by atoms with Crippen LogP contribution in [0.4, 0.5) is 0 Å². The lowest BCUT2D eigenvalue weighted by Gasteiger charge is -2.05. The van der Waals surface area contributed by atoms with Crippen LogP contribution in [-0.4, -0.2) is 34.5 Å². The highest BCUT2D eigenvalue weighted by Gasteiger charge is 2.09. The number of H-pyrrole nitrogens is 1. The summed E-state index contributed by atoms with van der Waals surface area (Å²) in [4.78, 5) is 26.8. The first kappa shape index (κ1) is 15.0. The Labute approximate surface area is 124 Å². The molecule has 2 aromatic rings. The summed E-state index contributed by atoms with van der Waals surface area (Å²) in [6.45, 7) is -0.218. The van der Waals surface area contributed by atoms with Gasteiger partial charge in [0.15, 0.2) is 12.4 Å². The molecule has 0 saturated carbocycles. The molecule has 0 unspecified atom stereocenters. The van der Waals surface area contributed by atoms with Crippen LogP contribution < -0.4 is 16.2 Å². The number of carbonyl (C=O) groups excluding carboxylic acids is 2. The van der Waals surface area contributed by atoms with Gasteiger partial charge in [-0.3, -0.25) is 9.89 Å². The smallest absolute Gasteiger partial charge is 0.383 e. The third-order valence-corrected chi connectivity index (χ3v) is 2.48. The highest BCUT2D eigenvalue weighted by Crippen LogP contribution is 2.12. The van der Waals surface area contributed by atoms with Crippen LogP contribution in [0.3, 0.4) is 0 Å². The Kier molecular flexibility index (Phi) is 4.70. The topological polar surface area (TPSA) is 146 Å². The van der Waals surface area contributed by atoms with Crippen molar-refractivity contribution in [3.8, 4) is 5.75 Å². The number of aromatic amines is 1. The number of nitrogens with one attached hydrogen (secondary N) is 1. The Hall–Kier alpha value is -3.36. The molecule has 1 heterocycles. The molecule has 9 nitrogen and oxygen atoms in total. The van der Waals surface area contributed by atoms with Crippen molar-refractivity contribution in [2.75, 3.05) is 6.61 Å². The van der Waals surface area contributed by atoms with Gasteiger partial charge in [-0.05, 0) is 30.3 Å². The standard InChI is InChI=1S/C13H13N5O4/c14-11(19)7-21-9-3-1-8(2-4-9)12(15)18-22-13(20)10-5-6-16-17-10/h1-6H,7H2,(H2,14,19)(H2,15,18)(H,16,17). The monoisotopic (exact) mass is 303 g/mol. The van der Waals surface area contributed by atoms with Crippen molar-refractivity contribution < 1.29 is 19.2 Å². The summed E-state index contributed by atoms with van der Waals surface area (Å²) in [5.41, 5.74) is 11.3. The maximum Gasteiger partial charge on any atom is 0.383 e. The number of primary amides is 1. The number of amidine groups is 1. The molecular formula is C13H13N5O4. The minimum atomic E-state index is -0.707. The molecule has 0 bridgehead atoms. The van der Waals surface area contributed by atoms with E-state index in [1.165, 1.54) is 12.3 Å². The van der Waals surface area contributed by atoms with E-state index in [1.807, 2.05) is 0 Å². The van der Waals surface area contributed by atoms with Gasteiger partial charge in [-0.15, -0.1) is 0 Å². The lowest BCUT2D eigenvalue weighted by atomic mass is 10.2. The molecule has 1 aromatic heterocycles. The van der Waals surface area contributed by atoms with Crippen molar-refractivity contribution >= 4 is 17.7 Å². The van der Waals surface area contributed by atoms with Gasteiger partial charge < -0.3 is 21.0 Å². The van der Waals surface area contributed by atoms with E-state index in [0.29, 0.717) is 11.3 Å². The first-order chi connectivity index (χ1) is 10.6. The molecule has 5 N–H and O–H groups in total. The Morgan fingerprint density at radius 2 is 1.91 bits per heavy atom. The molecule has 1 amide bonds. The maximum absolute atomic E-state index is 11.5. The zero-order chi connectivity index (χ0) is 15.9. The average molecular weight is 303 g/mol. The van der Waals surface area contributed by atoms with Crippen molar-refractivity contribution in [1.29, 1.82) is 0 Å². The third kappa shape index (κ3) is 4.07. The second-order valence-corrected chi connectivity index (χ2v) is 4.10. The van der Waals surface area contributed by atoms with Gasteiger partial charge in [-0.1, -0.05) is 5.16 Å². The molecule has 2 rings (SSSR count). The summed E-state index contributed by atoms with van der Waals surface area (Å²) in [6.07, 6.45) is 1.41. The number of carbonyl (C=O) groups is 2. The van der Waals surface area contributed by atoms with Crippen LogP contribution in [0.25, 0.3) is 0 Å². The molecular weight excluding hydrogens is 290 g/mol. The fourth-order valence-electron chi connectivity index (χ4n) is 1.44. The molecule has 22 heavy (non-hydrogen) atoms. The van der Waals surface area contributed by atoms with Crippen LogP contribution in [0, 0.1) is 0 Å². The van der Waals surface area contributed by atoms with Gasteiger partial charge in [0.1, 0.15) is 11.4 Å². The molecule has 0 atom stereocenters. The van der Waals surface area contributed by atoms with E-state index >= 15 is 0 Å². The van der Waals surface area contributed by atoms with E-state index in [1.54, 1.807) is 24.3 Å². The molecule has 0 fully saturated rings. The largest absolute Gasteiger partial charge is 0.484 e. The first-order valence-electron chi connectivity index (χ1n) is 6.12. The molecule has 0 spiro atoms. The van der Waals surface area contributed by atoms with E-state index < -0.39 is 11.9 Å². The number of oxime groups is 1. The molecule has 0 radical (unpaired) electrons. The van der Waals surface area contributed by atoms with Gasteiger partial charge in [0, 0.05) is 11.8 Å². The number of aromatic nitrogens is 2. The number of benzene rings is 1. The van der Waals surface area contributed by atoms with Crippen LogP contribution in [-0.2, 0) is 9.63 Å². The third-order valence-electron chi connectivity index (χ3n) is 2.48. The van der Waals surface area contributed by atoms with Crippen LogP contribution in [0.2, 0.25) is 0 Å². The van der Waals surface area contributed by atoms with Gasteiger partial charge in [0.05, 0.1) is 0 Å². The van der Waals surface area contributed by atoms with Crippen molar-refractivity contribution in [2.45, 2.75) is 0 Å². The Morgan fingerprint density at radius 1 is 1.18 bits per heavy atom. The highest BCUT2D eigenvalue weighted by molar-refractivity contribution is 5.98. The van der Waals surface area contributed by atoms with Gasteiger partial charge >= 0.3 is 5.97 Å². The zero-order valence-electron chi connectivity index (χ0n) is 11.4. The van der Waals surface area contributed by atoms with Gasteiger partial charge in [0.25, 0.3) is 5.91 Å². The average Bonchev–Trinajstić information content (AvgIpc) is 3.05.